The summed E-state index contributed by atoms with van der Waals surface area (Å²) in [5.41, 5.74) is 0.647. The van der Waals surface area contributed by atoms with E-state index < -0.39 is 5.82 Å². The average molecular weight is 301 g/mol. The Hall–Kier alpha value is -1.93. The molecule has 22 heavy (non-hydrogen) atoms. The van der Waals surface area contributed by atoms with Crippen LogP contribution in [0.15, 0.2) is 18.2 Å². The van der Waals surface area contributed by atoms with Gasteiger partial charge in [-0.15, -0.1) is 0 Å². The van der Waals surface area contributed by atoms with E-state index in [1.807, 2.05) is 4.90 Å². The SMILES string of the molecule is CC(C)N1C[C@@H]2C[C@H]1CN2C(=O)Cc1ccc(C#N)c(F)c1. The standard InChI is InChI=1S/C17H20FN3O/c1-11(2)20-9-15-7-14(20)10-21(15)17(22)6-12-3-4-13(8-19)16(18)5-12/h3-5,11,14-15H,6-7,9-10H2,1-2H3/t14-,15-/m0/s1. The van der Waals surface area contributed by atoms with Gasteiger partial charge in [0.05, 0.1) is 12.0 Å². The summed E-state index contributed by atoms with van der Waals surface area (Å²) in [5, 5.41) is 8.74. The molecule has 2 aliphatic heterocycles. The summed E-state index contributed by atoms with van der Waals surface area (Å²) in [6.07, 6.45) is 1.25. The molecule has 2 heterocycles. The first-order chi connectivity index (χ1) is 10.5. The summed E-state index contributed by atoms with van der Waals surface area (Å²) in [6, 6.07) is 7.46. The van der Waals surface area contributed by atoms with Crippen molar-refractivity contribution in [2.24, 2.45) is 0 Å². The van der Waals surface area contributed by atoms with Crippen LogP contribution in [-0.2, 0) is 11.2 Å². The van der Waals surface area contributed by atoms with E-state index in [-0.39, 0.29) is 17.9 Å². The van der Waals surface area contributed by atoms with Gasteiger partial charge in [-0.05, 0) is 38.0 Å². The number of amides is 1. The van der Waals surface area contributed by atoms with Gasteiger partial charge >= 0.3 is 0 Å². The lowest BCUT2D eigenvalue weighted by molar-refractivity contribution is -0.133. The van der Waals surface area contributed by atoms with E-state index in [0.29, 0.717) is 23.7 Å². The first kappa shape index (κ1) is 15.0. The molecular formula is C17H20FN3O. The van der Waals surface area contributed by atoms with E-state index in [4.69, 9.17) is 5.26 Å². The van der Waals surface area contributed by atoms with Crippen molar-refractivity contribution in [2.45, 2.75) is 44.8 Å². The molecule has 1 aromatic carbocycles. The molecule has 0 N–H and O–H groups in total. The minimum absolute atomic E-state index is 0.0176. The first-order valence-electron chi connectivity index (χ1n) is 7.73. The van der Waals surface area contributed by atoms with E-state index in [2.05, 4.69) is 18.7 Å². The van der Waals surface area contributed by atoms with Crippen LogP contribution >= 0.6 is 0 Å². The lowest BCUT2D eigenvalue weighted by Crippen LogP contribution is -2.51. The third kappa shape index (κ3) is 2.59. The molecule has 5 heteroatoms. The highest BCUT2D eigenvalue weighted by Crippen LogP contribution is 2.32. The van der Waals surface area contributed by atoms with Crippen LogP contribution in [0.1, 0.15) is 31.4 Å². The Morgan fingerprint density at radius 2 is 2.18 bits per heavy atom. The number of carbonyl (C=O) groups excluding carboxylic acids is 1. The quantitative estimate of drug-likeness (QED) is 0.857. The van der Waals surface area contributed by atoms with Gasteiger partial charge in [-0.25, -0.2) is 4.39 Å². The van der Waals surface area contributed by atoms with Crippen molar-refractivity contribution in [1.82, 2.24) is 9.80 Å². The van der Waals surface area contributed by atoms with Gasteiger partial charge in [0.15, 0.2) is 0 Å². The molecule has 0 radical (unpaired) electrons. The number of likely N-dealkylation sites (tertiary alicyclic amines) is 2. The predicted octanol–water partition coefficient (Wildman–Crippen LogP) is 1.93. The number of hydrogen-bond donors (Lipinski definition) is 0. The molecule has 2 bridgehead atoms. The Labute approximate surface area is 130 Å². The van der Waals surface area contributed by atoms with Crippen LogP contribution in [0.25, 0.3) is 0 Å². The normalized spacial score (nSPS) is 24.0. The lowest BCUT2D eigenvalue weighted by Gasteiger charge is -2.36. The zero-order chi connectivity index (χ0) is 15.9. The van der Waals surface area contributed by atoms with Gasteiger partial charge in [0.1, 0.15) is 11.9 Å². The minimum Gasteiger partial charge on any atom is -0.337 e. The van der Waals surface area contributed by atoms with Crippen molar-refractivity contribution < 1.29 is 9.18 Å². The Balaban J connectivity index is 1.65. The number of fused-ring (bicyclic) bond motifs is 2. The monoisotopic (exact) mass is 301 g/mol. The molecular weight excluding hydrogens is 281 g/mol. The summed E-state index contributed by atoms with van der Waals surface area (Å²) in [7, 11) is 0. The van der Waals surface area contributed by atoms with Gasteiger partial charge in [0.2, 0.25) is 5.91 Å². The first-order valence-corrected chi connectivity index (χ1v) is 7.73. The second kappa shape index (κ2) is 5.69. The maximum atomic E-state index is 13.6. The van der Waals surface area contributed by atoms with Crippen LogP contribution in [0.3, 0.4) is 0 Å². The molecule has 2 aliphatic rings. The summed E-state index contributed by atoms with van der Waals surface area (Å²) >= 11 is 0. The fraction of sp³-hybridized carbons (Fsp3) is 0.529. The number of piperazine rings is 1. The Kier molecular flexibility index (Phi) is 3.88. The summed E-state index contributed by atoms with van der Waals surface area (Å²) in [5.74, 6) is -0.498. The molecule has 0 spiro atoms. The second-order valence-electron chi connectivity index (χ2n) is 6.48. The van der Waals surface area contributed by atoms with Gasteiger partial charge < -0.3 is 4.90 Å². The number of benzene rings is 1. The fourth-order valence-electron chi connectivity index (χ4n) is 3.67. The van der Waals surface area contributed by atoms with Crippen LogP contribution < -0.4 is 0 Å². The molecule has 2 fully saturated rings. The topological polar surface area (TPSA) is 47.3 Å². The molecule has 0 unspecified atom stereocenters. The van der Waals surface area contributed by atoms with Crippen molar-refractivity contribution in [3.8, 4) is 6.07 Å². The van der Waals surface area contributed by atoms with E-state index in [1.54, 1.807) is 12.1 Å². The lowest BCUT2D eigenvalue weighted by atomic mass is 10.1. The van der Waals surface area contributed by atoms with E-state index >= 15 is 0 Å². The summed E-state index contributed by atoms with van der Waals surface area (Å²) in [6.45, 7) is 6.09. The molecule has 116 valence electrons. The Bertz CT molecular complexity index is 637. The Morgan fingerprint density at radius 1 is 1.41 bits per heavy atom. The minimum atomic E-state index is -0.554. The van der Waals surface area contributed by atoms with Gasteiger partial charge in [-0.1, -0.05) is 6.07 Å². The molecule has 0 aliphatic carbocycles. The number of rotatable bonds is 3. The Morgan fingerprint density at radius 3 is 2.73 bits per heavy atom. The number of nitrogens with zero attached hydrogens (tertiary/aromatic N) is 3. The smallest absolute Gasteiger partial charge is 0.227 e. The second-order valence-corrected chi connectivity index (χ2v) is 6.48. The summed E-state index contributed by atoms with van der Waals surface area (Å²) in [4.78, 5) is 16.9. The van der Waals surface area contributed by atoms with Crippen LogP contribution in [0, 0.1) is 17.1 Å². The van der Waals surface area contributed by atoms with E-state index in [9.17, 15) is 9.18 Å². The molecule has 4 nitrogen and oxygen atoms in total. The van der Waals surface area contributed by atoms with Crippen LogP contribution in [0.4, 0.5) is 4.39 Å². The zero-order valence-corrected chi connectivity index (χ0v) is 12.9. The maximum absolute atomic E-state index is 13.6. The maximum Gasteiger partial charge on any atom is 0.227 e. The third-order valence-electron chi connectivity index (χ3n) is 4.78. The van der Waals surface area contributed by atoms with E-state index in [0.717, 1.165) is 19.5 Å². The van der Waals surface area contributed by atoms with Gasteiger partial charge in [0, 0.05) is 31.2 Å². The molecule has 1 amide bonds. The molecule has 2 atom stereocenters. The van der Waals surface area contributed by atoms with Crippen molar-refractivity contribution in [1.29, 1.82) is 5.26 Å². The largest absolute Gasteiger partial charge is 0.337 e. The summed E-state index contributed by atoms with van der Waals surface area (Å²) < 4.78 is 13.6. The van der Waals surface area contributed by atoms with Crippen molar-refractivity contribution in [2.75, 3.05) is 13.1 Å². The molecule has 1 aromatic rings. The number of nitriles is 1. The van der Waals surface area contributed by atoms with Crippen molar-refractivity contribution in [3.05, 3.63) is 35.1 Å². The molecule has 3 rings (SSSR count). The zero-order valence-electron chi connectivity index (χ0n) is 12.9. The van der Waals surface area contributed by atoms with Crippen molar-refractivity contribution in [3.63, 3.8) is 0 Å². The number of carbonyl (C=O) groups is 1. The van der Waals surface area contributed by atoms with Gasteiger partial charge in [0.25, 0.3) is 0 Å². The van der Waals surface area contributed by atoms with Crippen LogP contribution in [-0.4, -0.2) is 46.9 Å². The molecule has 0 aromatic heterocycles. The van der Waals surface area contributed by atoms with Gasteiger partial charge in [-0.3, -0.25) is 9.69 Å². The van der Waals surface area contributed by atoms with E-state index in [1.165, 1.54) is 12.1 Å². The number of halogens is 1. The van der Waals surface area contributed by atoms with Crippen LogP contribution in [0.5, 0.6) is 0 Å². The highest BCUT2D eigenvalue weighted by atomic mass is 19.1. The fourth-order valence-corrected chi connectivity index (χ4v) is 3.67. The third-order valence-corrected chi connectivity index (χ3v) is 4.78. The van der Waals surface area contributed by atoms with Crippen LogP contribution in [0.2, 0.25) is 0 Å². The van der Waals surface area contributed by atoms with Crippen molar-refractivity contribution >= 4 is 5.91 Å². The highest BCUT2D eigenvalue weighted by Gasteiger charge is 2.45. The van der Waals surface area contributed by atoms with Gasteiger partial charge in [-0.2, -0.15) is 5.26 Å². The average Bonchev–Trinajstić information content (AvgIpc) is 3.07. The molecule has 2 saturated heterocycles. The number of hydrogen-bond acceptors (Lipinski definition) is 3. The highest BCUT2D eigenvalue weighted by molar-refractivity contribution is 5.79. The molecule has 0 saturated carbocycles. The predicted molar refractivity (Wildman–Crippen MR) is 80.6 cm³/mol.